The zero-order valence-corrected chi connectivity index (χ0v) is 20.0. The second kappa shape index (κ2) is 10.1. The topological polar surface area (TPSA) is 39.0 Å². The van der Waals surface area contributed by atoms with E-state index in [-0.39, 0.29) is 12.4 Å². The molecule has 6 heteroatoms. The molecule has 0 amide bonds. The Hall–Kier alpha value is 0.0900. The molecule has 4 saturated heterocycles. The smallest absolute Gasteiger partial charge is 0.0285 e. The SMILES string of the molecule is CN1CCC(N2CCC(N)CC2(C2CCN(C)CC2)C2CCN(C)CC2)CC1.Cl. The Kier molecular flexibility index (Phi) is 8.30. The van der Waals surface area contributed by atoms with Crippen LogP contribution in [0.15, 0.2) is 0 Å². The summed E-state index contributed by atoms with van der Waals surface area (Å²) in [6, 6.07) is 1.19. The molecule has 4 fully saturated rings. The summed E-state index contributed by atoms with van der Waals surface area (Å²) in [4.78, 5) is 10.7. The summed E-state index contributed by atoms with van der Waals surface area (Å²) in [5.41, 5.74) is 7.10. The number of hydrogen-bond donors (Lipinski definition) is 1. The number of rotatable bonds is 3. The van der Waals surface area contributed by atoms with E-state index in [1.165, 1.54) is 97.2 Å². The molecule has 0 radical (unpaired) electrons. The van der Waals surface area contributed by atoms with Gasteiger partial charge in [0.2, 0.25) is 0 Å². The summed E-state index contributed by atoms with van der Waals surface area (Å²) in [5, 5.41) is 0. The van der Waals surface area contributed by atoms with E-state index in [1.54, 1.807) is 0 Å². The van der Waals surface area contributed by atoms with Crippen LogP contribution in [-0.2, 0) is 0 Å². The van der Waals surface area contributed by atoms with Crippen LogP contribution in [0.2, 0.25) is 0 Å². The second-order valence-corrected chi connectivity index (χ2v) is 10.6. The van der Waals surface area contributed by atoms with Crippen molar-refractivity contribution in [2.24, 2.45) is 17.6 Å². The van der Waals surface area contributed by atoms with Gasteiger partial charge in [-0.1, -0.05) is 0 Å². The minimum Gasteiger partial charge on any atom is -0.328 e. The maximum Gasteiger partial charge on any atom is 0.0285 e. The maximum absolute atomic E-state index is 6.74. The zero-order valence-electron chi connectivity index (χ0n) is 19.2. The lowest BCUT2D eigenvalue weighted by Gasteiger charge is -2.62. The average Bonchev–Trinajstić information content (AvgIpc) is 2.70. The monoisotopic (exact) mass is 427 g/mol. The lowest BCUT2D eigenvalue weighted by atomic mass is 9.61. The average molecular weight is 428 g/mol. The molecule has 0 saturated carbocycles. The Balaban J connectivity index is 0.00000240. The lowest BCUT2D eigenvalue weighted by molar-refractivity contribution is -0.113. The molecule has 4 rings (SSSR count). The third-order valence-corrected chi connectivity index (χ3v) is 8.84. The molecule has 0 aliphatic carbocycles. The minimum absolute atomic E-state index is 0. The Morgan fingerprint density at radius 3 is 1.48 bits per heavy atom. The highest BCUT2D eigenvalue weighted by atomic mass is 35.5. The van der Waals surface area contributed by atoms with Gasteiger partial charge in [-0.15, -0.1) is 12.4 Å². The molecule has 4 aliphatic heterocycles. The Labute approximate surface area is 185 Å². The summed E-state index contributed by atoms with van der Waals surface area (Å²) in [5.74, 6) is 1.67. The second-order valence-electron chi connectivity index (χ2n) is 10.6. The number of piperidine rings is 4. The van der Waals surface area contributed by atoms with Gasteiger partial charge in [0, 0.05) is 24.2 Å². The first kappa shape index (κ1) is 23.7. The fourth-order valence-electron chi connectivity index (χ4n) is 7.13. The molecule has 0 aromatic carbocycles. The van der Waals surface area contributed by atoms with E-state index in [2.05, 4.69) is 40.7 Å². The molecule has 0 aromatic heterocycles. The zero-order chi connectivity index (χ0) is 19.7. The summed E-state index contributed by atoms with van der Waals surface area (Å²) < 4.78 is 0. The van der Waals surface area contributed by atoms with Crippen molar-refractivity contribution in [3.05, 3.63) is 0 Å². The van der Waals surface area contributed by atoms with Crippen LogP contribution in [0, 0.1) is 11.8 Å². The van der Waals surface area contributed by atoms with Crippen LogP contribution in [0.25, 0.3) is 0 Å². The fraction of sp³-hybridized carbons (Fsp3) is 1.00. The molecule has 4 heterocycles. The molecule has 2 N–H and O–H groups in total. The Morgan fingerprint density at radius 2 is 1.03 bits per heavy atom. The molecule has 1 atom stereocenters. The molecule has 0 bridgehead atoms. The van der Waals surface area contributed by atoms with Crippen molar-refractivity contribution >= 4 is 12.4 Å². The third kappa shape index (κ3) is 4.96. The van der Waals surface area contributed by atoms with Gasteiger partial charge in [0.15, 0.2) is 0 Å². The third-order valence-electron chi connectivity index (χ3n) is 8.84. The number of hydrogen-bond acceptors (Lipinski definition) is 5. The van der Waals surface area contributed by atoms with Crippen LogP contribution in [0.3, 0.4) is 0 Å². The Bertz CT molecular complexity index is 471. The first-order valence-electron chi connectivity index (χ1n) is 12.1. The van der Waals surface area contributed by atoms with Crippen LogP contribution in [0.5, 0.6) is 0 Å². The molecule has 1 unspecified atom stereocenters. The summed E-state index contributed by atoms with van der Waals surface area (Å²) in [6.07, 6.45) is 10.7. The van der Waals surface area contributed by atoms with Gasteiger partial charge in [0.25, 0.3) is 0 Å². The van der Waals surface area contributed by atoms with E-state index in [1.807, 2.05) is 0 Å². The summed E-state index contributed by atoms with van der Waals surface area (Å²) in [7, 11) is 6.91. The van der Waals surface area contributed by atoms with Crippen LogP contribution in [0.1, 0.15) is 51.4 Å². The van der Waals surface area contributed by atoms with Crippen molar-refractivity contribution in [3.8, 4) is 0 Å². The van der Waals surface area contributed by atoms with Gasteiger partial charge >= 0.3 is 0 Å². The van der Waals surface area contributed by atoms with E-state index in [0.29, 0.717) is 11.6 Å². The standard InChI is InChI=1S/C23H45N5.ClH/c1-25-11-4-19(5-12-25)23(20-6-13-26(2)14-7-20)18-21(24)8-17-28(23)22-9-15-27(3)16-10-22;/h19-22H,4-18,24H2,1-3H3;1H. The highest BCUT2D eigenvalue weighted by Crippen LogP contribution is 2.49. The molecule has 0 spiro atoms. The Morgan fingerprint density at radius 1 is 0.621 bits per heavy atom. The summed E-state index contributed by atoms with van der Waals surface area (Å²) >= 11 is 0. The number of halogens is 1. The van der Waals surface area contributed by atoms with E-state index in [0.717, 1.165) is 17.9 Å². The molecule has 4 aliphatic rings. The molecule has 5 nitrogen and oxygen atoms in total. The molecule has 29 heavy (non-hydrogen) atoms. The number of nitrogens with zero attached hydrogens (tertiary/aromatic N) is 4. The largest absolute Gasteiger partial charge is 0.328 e. The summed E-state index contributed by atoms with van der Waals surface area (Å²) in [6.45, 7) is 8.87. The van der Waals surface area contributed by atoms with Gasteiger partial charge in [0.05, 0.1) is 0 Å². The van der Waals surface area contributed by atoms with Crippen molar-refractivity contribution in [2.75, 3.05) is 67.0 Å². The predicted octanol–water partition coefficient (Wildman–Crippen LogP) is 2.35. The van der Waals surface area contributed by atoms with E-state index < -0.39 is 0 Å². The molecule has 0 aromatic rings. The van der Waals surface area contributed by atoms with Gasteiger partial charge in [-0.25, -0.2) is 0 Å². The van der Waals surface area contributed by atoms with Crippen LogP contribution < -0.4 is 5.73 Å². The normalized spacial score (nSPS) is 32.9. The fourth-order valence-corrected chi connectivity index (χ4v) is 7.13. The molecule has 170 valence electrons. The number of nitrogens with two attached hydrogens (primary N) is 1. The van der Waals surface area contributed by atoms with Crippen molar-refractivity contribution < 1.29 is 0 Å². The van der Waals surface area contributed by atoms with E-state index in [9.17, 15) is 0 Å². The van der Waals surface area contributed by atoms with Crippen LogP contribution in [-0.4, -0.2) is 104 Å². The first-order valence-corrected chi connectivity index (χ1v) is 12.1. The van der Waals surface area contributed by atoms with Gasteiger partial charge in [-0.05, 0) is 124 Å². The molecular formula is C23H46ClN5. The quantitative estimate of drug-likeness (QED) is 0.748. The van der Waals surface area contributed by atoms with Gasteiger partial charge < -0.3 is 20.4 Å². The van der Waals surface area contributed by atoms with Crippen LogP contribution in [0.4, 0.5) is 0 Å². The van der Waals surface area contributed by atoms with Gasteiger partial charge in [-0.3, -0.25) is 4.90 Å². The van der Waals surface area contributed by atoms with Crippen LogP contribution >= 0.6 is 12.4 Å². The van der Waals surface area contributed by atoms with Crippen molar-refractivity contribution in [2.45, 2.75) is 69.0 Å². The molecular weight excluding hydrogens is 382 g/mol. The lowest BCUT2D eigenvalue weighted by Crippen LogP contribution is -2.69. The minimum atomic E-state index is 0. The number of likely N-dealkylation sites (tertiary alicyclic amines) is 4. The van der Waals surface area contributed by atoms with Gasteiger partial charge in [-0.2, -0.15) is 0 Å². The van der Waals surface area contributed by atoms with E-state index >= 15 is 0 Å². The maximum atomic E-state index is 6.74. The highest BCUT2D eigenvalue weighted by molar-refractivity contribution is 5.85. The first-order chi connectivity index (χ1) is 13.5. The van der Waals surface area contributed by atoms with Gasteiger partial charge in [0.1, 0.15) is 0 Å². The van der Waals surface area contributed by atoms with Crippen molar-refractivity contribution in [3.63, 3.8) is 0 Å². The highest BCUT2D eigenvalue weighted by Gasteiger charge is 2.54. The van der Waals surface area contributed by atoms with E-state index in [4.69, 9.17) is 5.73 Å². The van der Waals surface area contributed by atoms with Crippen molar-refractivity contribution in [1.82, 2.24) is 19.6 Å². The predicted molar refractivity (Wildman–Crippen MR) is 125 cm³/mol. The van der Waals surface area contributed by atoms with Crippen molar-refractivity contribution in [1.29, 1.82) is 0 Å².